The topological polar surface area (TPSA) is 38.3 Å². The Labute approximate surface area is 104 Å². The fourth-order valence-corrected chi connectivity index (χ4v) is 1.44. The average molecular weight is 286 g/mol. The summed E-state index contributed by atoms with van der Waals surface area (Å²) < 4.78 is 6.48. The van der Waals surface area contributed by atoms with Crippen LogP contribution in [0.4, 0.5) is 0 Å². The second kappa shape index (κ2) is 5.89. The van der Waals surface area contributed by atoms with E-state index in [-0.39, 0.29) is 11.9 Å². The molecule has 0 heterocycles. The standard InChI is InChI=1S/C12H16BrNO2/c1-8(2)14-12(15)9(3)16-11-6-4-10(13)5-7-11/h4-9H,1-3H3,(H,14,15). The summed E-state index contributed by atoms with van der Waals surface area (Å²) in [7, 11) is 0. The Bertz CT molecular complexity index is 349. The first-order chi connectivity index (χ1) is 7.49. The lowest BCUT2D eigenvalue weighted by atomic mass is 10.3. The van der Waals surface area contributed by atoms with E-state index < -0.39 is 6.10 Å². The van der Waals surface area contributed by atoms with E-state index in [0.29, 0.717) is 5.75 Å². The molecule has 16 heavy (non-hydrogen) atoms. The molecular formula is C12H16BrNO2. The van der Waals surface area contributed by atoms with Crippen LogP contribution < -0.4 is 10.1 Å². The first-order valence-electron chi connectivity index (χ1n) is 5.21. The monoisotopic (exact) mass is 285 g/mol. The van der Waals surface area contributed by atoms with Gasteiger partial charge < -0.3 is 10.1 Å². The molecule has 4 heteroatoms. The number of benzene rings is 1. The molecule has 0 aromatic heterocycles. The van der Waals surface area contributed by atoms with Crippen molar-refractivity contribution in [3.63, 3.8) is 0 Å². The number of nitrogens with one attached hydrogen (secondary N) is 1. The van der Waals surface area contributed by atoms with Gasteiger partial charge in [-0.3, -0.25) is 4.79 Å². The molecule has 1 atom stereocenters. The van der Waals surface area contributed by atoms with Crippen LogP contribution in [0.2, 0.25) is 0 Å². The summed E-state index contributed by atoms with van der Waals surface area (Å²) in [5, 5.41) is 2.80. The van der Waals surface area contributed by atoms with Gasteiger partial charge in [-0.05, 0) is 45.0 Å². The molecule has 1 amide bonds. The number of carbonyl (C=O) groups is 1. The number of rotatable bonds is 4. The zero-order valence-corrected chi connectivity index (χ0v) is 11.2. The van der Waals surface area contributed by atoms with Crippen LogP contribution in [-0.2, 0) is 4.79 Å². The predicted molar refractivity (Wildman–Crippen MR) is 67.5 cm³/mol. The van der Waals surface area contributed by atoms with Crippen molar-refractivity contribution in [2.45, 2.75) is 32.9 Å². The Hall–Kier alpha value is -1.03. The highest BCUT2D eigenvalue weighted by Gasteiger charge is 2.14. The molecule has 0 aliphatic heterocycles. The van der Waals surface area contributed by atoms with Crippen LogP contribution in [0, 0.1) is 0 Å². The first-order valence-corrected chi connectivity index (χ1v) is 6.01. The normalized spacial score (nSPS) is 12.3. The van der Waals surface area contributed by atoms with Gasteiger partial charge in [-0.25, -0.2) is 0 Å². The van der Waals surface area contributed by atoms with E-state index in [2.05, 4.69) is 21.2 Å². The minimum atomic E-state index is -0.483. The van der Waals surface area contributed by atoms with Gasteiger partial charge in [-0.1, -0.05) is 15.9 Å². The summed E-state index contributed by atoms with van der Waals surface area (Å²) in [5.41, 5.74) is 0. The average Bonchev–Trinajstić information content (AvgIpc) is 2.20. The summed E-state index contributed by atoms with van der Waals surface area (Å²) in [6.45, 7) is 5.58. The molecule has 88 valence electrons. The van der Waals surface area contributed by atoms with Crippen LogP contribution in [0.5, 0.6) is 5.75 Å². The number of amides is 1. The molecule has 1 rings (SSSR count). The molecule has 0 saturated heterocycles. The maximum Gasteiger partial charge on any atom is 0.260 e. The van der Waals surface area contributed by atoms with Crippen LogP contribution in [0.25, 0.3) is 0 Å². The molecule has 1 aromatic carbocycles. The molecule has 1 aromatic rings. The summed E-state index contributed by atoms with van der Waals surface area (Å²) in [6.07, 6.45) is -0.483. The summed E-state index contributed by atoms with van der Waals surface area (Å²) in [4.78, 5) is 11.6. The van der Waals surface area contributed by atoms with Crippen LogP contribution in [0.1, 0.15) is 20.8 Å². The smallest absolute Gasteiger partial charge is 0.260 e. The van der Waals surface area contributed by atoms with Gasteiger partial charge in [0.15, 0.2) is 6.10 Å². The van der Waals surface area contributed by atoms with Crippen LogP contribution in [0.15, 0.2) is 28.7 Å². The molecule has 0 aliphatic carbocycles. The van der Waals surface area contributed by atoms with Gasteiger partial charge >= 0.3 is 0 Å². The van der Waals surface area contributed by atoms with Gasteiger partial charge in [0.1, 0.15) is 5.75 Å². The molecule has 3 nitrogen and oxygen atoms in total. The molecule has 0 aliphatic rings. The summed E-state index contributed by atoms with van der Waals surface area (Å²) in [5.74, 6) is 0.590. The van der Waals surface area contributed by atoms with Crippen molar-refractivity contribution in [1.29, 1.82) is 0 Å². The largest absolute Gasteiger partial charge is 0.481 e. The van der Waals surface area contributed by atoms with E-state index in [0.717, 1.165) is 4.47 Å². The van der Waals surface area contributed by atoms with Crippen LogP contribution in [0.3, 0.4) is 0 Å². The SMILES string of the molecule is CC(C)NC(=O)C(C)Oc1ccc(Br)cc1. The Balaban J connectivity index is 2.53. The van der Waals surface area contributed by atoms with Crippen molar-refractivity contribution in [3.8, 4) is 5.75 Å². The lowest BCUT2D eigenvalue weighted by Gasteiger charge is -2.16. The number of hydrogen-bond acceptors (Lipinski definition) is 2. The van der Waals surface area contributed by atoms with E-state index in [1.807, 2.05) is 38.1 Å². The van der Waals surface area contributed by atoms with Crippen LogP contribution >= 0.6 is 15.9 Å². The molecule has 1 unspecified atom stereocenters. The molecule has 0 fully saturated rings. The summed E-state index contributed by atoms with van der Waals surface area (Å²) in [6, 6.07) is 7.53. The maximum absolute atomic E-state index is 11.6. The van der Waals surface area contributed by atoms with Crippen molar-refractivity contribution >= 4 is 21.8 Å². The number of halogens is 1. The van der Waals surface area contributed by atoms with Crippen molar-refractivity contribution in [2.75, 3.05) is 0 Å². The Morgan fingerprint density at radius 1 is 1.25 bits per heavy atom. The van der Waals surface area contributed by atoms with Gasteiger partial charge in [0.25, 0.3) is 5.91 Å². The van der Waals surface area contributed by atoms with E-state index in [9.17, 15) is 4.79 Å². The highest BCUT2D eigenvalue weighted by Crippen LogP contribution is 2.17. The number of hydrogen-bond donors (Lipinski definition) is 1. The van der Waals surface area contributed by atoms with Gasteiger partial charge in [0.2, 0.25) is 0 Å². The van der Waals surface area contributed by atoms with E-state index in [1.54, 1.807) is 6.92 Å². The minimum Gasteiger partial charge on any atom is -0.481 e. The van der Waals surface area contributed by atoms with Crippen LogP contribution in [-0.4, -0.2) is 18.1 Å². The fourth-order valence-electron chi connectivity index (χ4n) is 1.17. The van der Waals surface area contributed by atoms with Gasteiger partial charge in [0.05, 0.1) is 0 Å². The maximum atomic E-state index is 11.6. The second-order valence-electron chi connectivity index (χ2n) is 3.88. The first kappa shape index (κ1) is 13.0. The quantitative estimate of drug-likeness (QED) is 0.924. The zero-order valence-electron chi connectivity index (χ0n) is 9.66. The molecule has 0 spiro atoms. The number of carbonyl (C=O) groups excluding carboxylic acids is 1. The molecular weight excluding hydrogens is 270 g/mol. The second-order valence-corrected chi connectivity index (χ2v) is 4.79. The highest BCUT2D eigenvalue weighted by atomic mass is 79.9. The van der Waals surface area contributed by atoms with Crippen molar-refractivity contribution < 1.29 is 9.53 Å². The van der Waals surface area contributed by atoms with E-state index in [1.165, 1.54) is 0 Å². The zero-order chi connectivity index (χ0) is 12.1. The third-order valence-corrected chi connectivity index (χ3v) is 2.46. The van der Waals surface area contributed by atoms with Crippen molar-refractivity contribution in [3.05, 3.63) is 28.7 Å². The van der Waals surface area contributed by atoms with Crippen molar-refractivity contribution in [1.82, 2.24) is 5.32 Å². The molecule has 0 saturated carbocycles. The Morgan fingerprint density at radius 2 is 1.81 bits per heavy atom. The van der Waals surface area contributed by atoms with Gasteiger partial charge in [-0.2, -0.15) is 0 Å². The van der Waals surface area contributed by atoms with E-state index >= 15 is 0 Å². The fraction of sp³-hybridized carbons (Fsp3) is 0.417. The van der Waals surface area contributed by atoms with E-state index in [4.69, 9.17) is 4.74 Å². The minimum absolute atomic E-state index is 0.0991. The summed E-state index contributed by atoms with van der Waals surface area (Å²) >= 11 is 3.34. The Morgan fingerprint density at radius 3 is 2.31 bits per heavy atom. The molecule has 0 radical (unpaired) electrons. The molecule has 1 N–H and O–H groups in total. The highest BCUT2D eigenvalue weighted by molar-refractivity contribution is 9.10. The van der Waals surface area contributed by atoms with Gasteiger partial charge in [0, 0.05) is 10.5 Å². The third kappa shape index (κ3) is 4.23. The molecule has 0 bridgehead atoms. The van der Waals surface area contributed by atoms with Crippen molar-refractivity contribution in [2.24, 2.45) is 0 Å². The predicted octanol–water partition coefficient (Wildman–Crippen LogP) is 2.74. The number of ether oxygens (including phenoxy) is 1. The Kier molecular flexibility index (Phi) is 4.80. The lowest BCUT2D eigenvalue weighted by molar-refractivity contribution is -0.127. The lowest BCUT2D eigenvalue weighted by Crippen LogP contribution is -2.39. The van der Waals surface area contributed by atoms with Gasteiger partial charge in [-0.15, -0.1) is 0 Å². The third-order valence-electron chi connectivity index (χ3n) is 1.93.